The van der Waals surface area contributed by atoms with Crippen LogP contribution in [0, 0.1) is 0 Å². The van der Waals surface area contributed by atoms with Gasteiger partial charge in [0.2, 0.25) is 0 Å². The fraction of sp³-hybridized carbons (Fsp3) is 0.733. The summed E-state index contributed by atoms with van der Waals surface area (Å²) in [6.45, 7) is 4.26. The molecule has 12 heteroatoms. The average Bonchev–Trinajstić information content (AvgIpc) is 3.07. The van der Waals surface area contributed by atoms with E-state index in [-0.39, 0.29) is 32.0 Å². The van der Waals surface area contributed by atoms with Crippen molar-refractivity contribution in [1.82, 2.24) is 19.9 Å². The lowest BCUT2D eigenvalue weighted by Crippen LogP contribution is -2.51. The first-order chi connectivity index (χ1) is 12.5. The molecule has 0 bridgehead atoms. The van der Waals surface area contributed by atoms with E-state index in [1.165, 1.54) is 0 Å². The number of nitrogens with zero attached hydrogens (tertiary/aromatic N) is 3. The maximum atomic E-state index is 12.6. The van der Waals surface area contributed by atoms with E-state index < -0.39 is 15.5 Å². The van der Waals surface area contributed by atoms with Crippen LogP contribution in [0.15, 0.2) is 10.4 Å². The summed E-state index contributed by atoms with van der Waals surface area (Å²) in [5.74, 6) is 0.866. The van der Waals surface area contributed by atoms with Gasteiger partial charge in [0.1, 0.15) is 0 Å². The van der Waals surface area contributed by atoms with Gasteiger partial charge in [0.25, 0.3) is 0 Å². The SMILES string of the molecule is CN=C(NCc1csc(C(C)C)n1)NC1CCN(S(=O)(=O)C(F)(F)F)CC1. The number of nitrogens with one attached hydrogen (secondary N) is 2. The molecule has 0 saturated carbocycles. The van der Waals surface area contributed by atoms with Crippen molar-refractivity contribution in [1.29, 1.82) is 0 Å². The number of rotatable bonds is 5. The molecule has 2 rings (SSSR count). The molecule has 7 nitrogen and oxygen atoms in total. The Balaban J connectivity index is 1.84. The van der Waals surface area contributed by atoms with Crippen molar-refractivity contribution in [2.75, 3.05) is 20.1 Å². The molecule has 0 unspecified atom stereocenters. The van der Waals surface area contributed by atoms with Crippen LogP contribution in [-0.4, -0.2) is 55.4 Å². The zero-order chi connectivity index (χ0) is 20.2. The molecular formula is C15H24F3N5O2S2. The first kappa shape index (κ1) is 21.9. The molecule has 2 N–H and O–H groups in total. The quantitative estimate of drug-likeness (QED) is 0.556. The van der Waals surface area contributed by atoms with E-state index in [9.17, 15) is 21.6 Å². The number of hydrogen-bond donors (Lipinski definition) is 2. The normalized spacial score (nSPS) is 18.1. The van der Waals surface area contributed by atoms with Crippen molar-refractivity contribution in [2.45, 2.75) is 50.7 Å². The van der Waals surface area contributed by atoms with Gasteiger partial charge in [-0.1, -0.05) is 13.8 Å². The number of aliphatic imine (C=N–C) groups is 1. The summed E-state index contributed by atoms with van der Waals surface area (Å²) >= 11 is 1.59. The summed E-state index contributed by atoms with van der Waals surface area (Å²) in [5.41, 5.74) is -4.37. The second-order valence-electron chi connectivity index (χ2n) is 6.53. The van der Waals surface area contributed by atoms with Crippen molar-refractivity contribution in [3.63, 3.8) is 0 Å². The van der Waals surface area contributed by atoms with Crippen molar-refractivity contribution in [3.8, 4) is 0 Å². The molecule has 2 heterocycles. The third-order valence-corrected chi connectivity index (χ3v) is 6.98. The number of aromatic nitrogens is 1. The number of piperidine rings is 1. The number of hydrogen-bond acceptors (Lipinski definition) is 5. The standard InChI is InChI=1S/C15H24F3N5O2S2/c1-10(2)13-21-12(9-26-13)8-20-14(19-3)22-11-4-6-23(7-5-11)27(24,25)15(16,17)18/h9-11H,4-8H2,1-3H3,(H2,19,20,22). The van der Waals surface area contributed by atoms with Crippen molar-refractivity contribution in [2.24, 2.45) is 4.99 Å². The van der Waals surface area contributed by atoms with Crippen LogP contribution in [-0.2, 0) is 16.6 Å². The van der Waals surface area contributed by atoms with Gasteiger partial charge in [-0.25, -0.2) is 13.4 Å². The minimum absolute atomic E-state index is 0.155. The van der Waals surface area contributed by atoms with E-state index in [0.717, 1.165) is 10.7 Å². The Hall–Kier alpha value is -1.40. The van der Waals surface area contributed by atoms with Crippen molar-refractivity contribution in [3.05, 3.63) is 16.1 Å². The highest BCUT2D eigenvalue weighted by atomic mass is 32.2. The van der Waals surface area contributed by atoms with Crippen LogP contribution in [0.4, 0.5) is 13.2 Å². The monoisotopic (exact) mass is 427 g/mol. The highest BCUT2D eigenvalue weighted by Gasteiger charge is 2.50. The lowest BCUT2D eigenvalue weighted by molar-refractivity contribution is -0.0494. The van der Waals surface area contributed by atoms with Gasteiger partial charge in [-0.05, 0) is 12.8 Å². The van der Waals surface area contributed by atoms with Crippen LogP contribution >= 0.6 is 11.3 Å². The summed E-state index contributed by atoms with van der Waals surface area (Å²) < 4.78 is 61.2. The Kier molecular flexibility index (Phi) is 7.09. The topological polar surface area (TPSA) is 86.7 Å². The zero-order valence-corrected chi connectivity index (χ0v) is 17.0. The van der Waals surface area contributed by atoms with Gasteiger partial charge in [-0.15, -0.1) is 11.3 Å². The molecule has 0 amide bonds. The number of alkyl halides is 3. The summed E-state index contributed by atoms with van der Waals surface area (Å²) in [6, 6.07) is -0.155. The fourth-order valence-electron chi connectivity index (χ4n) is 2.62. The highest BCUT2D eigenvalue weighted by molar-refractivity contribution is 7.90. The minimum atomic E-state index is -5.26. The number of sulfonamides is 1. The van der Waals surface area contributed by atoms with Gasteiger partial charge in [0.05, 0.1) is 17.2 Å². The Bertz CT molecular complexity index is 754. The molecule has 1 aromatic heterocycles. The summed E-state index contributed by atoms with van der Waals surface area (Å²) in [5, 5.41) is 9.27. The van der Waals surface area contributed by atoms with Crippen LogP contribution in [0.1, 0.15) is 43.3 Å². The molecular weight excluding hydrogens is 403 g/mol. The van der Waals surface area contributed by atoms with Crippen LogP contribution in [0.3, 0.4) is 0 Å². The fourth-order valence-corrected chi connectivity index (χ4v) is 4.44. The first-order valence-corrected chi connectivity index (χ1v) is 10.8. The van der Waals surface area contributed by atoms with Gasteiger partial charge in [-0.3, -0.25) is 4.99 Å². The average molecular weight is 428 g/mol. The van der Waals surface area contributed by atoms with Gasteiger partial charge in [0, 0.05) is 37.5 Å². The third kappa shape index (κ3) is 5.55. The zero-order valence-electron chi connectivity index (χ0n) is 15.4. The van der Waals surface area contributed by atoms with Crippen LogP contribution < -0.4 is 10.6 Å². The van der Waals surface area contributed by atoms with Crippen molar-refractivity contribution < 1.29 is 21.6 Å². The van der Waals surface area contributed by atoms with E-state index in [1.54, 1.807) is 18.4 Å². The molecule has 0 atom stereocenters. The van der Waals surface area contributed by atoms with Crippen LogP contribution in [0.25, 0.3) is 0 Å². The second kappa shape index (κ2) is 8.74. The van der Waals surface area contributed by atoms with E-state index in [2.05, 4.69) is 34.5 Å². The lowest BCUT2D eigenvalue weighted by atomic mass is 10.1. The molecule has 0 radical (unpaired) electrons. The first-order valence-electron chi connectivity index (χ1n) is 8.52. The molecule has 0 spiro atoms. The summed E-state index contributed by atoms with van der Waals surface area (Å²) in [7, 11) is -3.66. The summed E-state index contributed by atoms with van der Waals surface area (Å²) in [6.07, 6.45) is 0.536. The van der Waals surface area contributed by atoms with E-state index in [1.807, 2.05) is 5.38 Å². The van der Waals surface area contributed by atoms with Gasteiger partial charge >= 0.3 is 15.5 Å². The molecule has 1 saturated heterocycles. The Labute approximate surface area is 161 Å². The minimum Gasteiger partial charge on any atom is -0.354 e. The van der Waals surface area contributed by atoms with E-state index in [4.69, 9.17) is 0 Å². The number of thiazole rings is 1. The maximum absolute atomic E-state index is 12.6. The Morgan fingerprint density at radius 1 is 1.41 bits per heavy atom. The van der Waals surface area contributed by atoms with E-state index in [0.29, 0.717) is 22.7 Å². The predicted molar refractivity (Wildman–Crippen MR) is 99.1 cm³/mol. The molecule has 0 aliphatic carbocycles. The number of halogens is 3. The largest absolute Gasteiger partial charge is 0.511 e. The second-order valence-corrected chi connectivity index (χ2v) is 9.35. The molecule has 27 heavy (non-hydrogen) atoms. The van der Waals surface area contributed by atoms with Crippen LogP contribution in [0.5, 0.6) is 0 Å². The third-order valence-electron chi connectivity index (χ3n) is 4.15. The smallest absolute Gasteiger partial charge is 0.354 e. The van der Waals surface area contributed by atoms with Crippen LogP contribution in [0.2, 0.25) is 0 Å². The maximum Gasteiger partial charge on any atom is 0.511 e. The molecule has 0 aromatic carbocycles. The lowest BCUT2D eigenvalue weighted by Gasteiger charge is -2.32. The van der Waals surface area contributed by atoms with E-state index >= 15 is 0 Å². The number of guanidine groups is 1. The molecule has 1 aliphatic heterocycles. The predicted octanol–water partition coefficient (Wildman–Crippen LogP) is 2.25. The highest BCUT2D eigenvalue weighted by Crippen LogP contribution is 2.29. The van der Waals surface area contributed by atoms with Gasteiger partial charge in [0.15, 0.2) is 5.96 Å². The molecule has 1 fully saturated rings. The molecule has 154 valence electrons. The van der Waals surface area contributed by atoms with Gasteiger partial charge < -0.3 is 10.6 Å². The Morgan fingerprint density at radius 2 is 2.04 bits per heavy atom. The van der Waals surface area contributed by atoms with Gasteiger partial charge in [-0.2, -0.15) is 17.5 Å². The Morgan fingerprint density at radius 3 is 2.52 bits per heavy atom. The van der Waals surface area contributed by atoms with Crippen molar-refractivity contribution >= 4 is 27.3 Å². The summed E-state index contributed by atoms with van der Waals surface area (Å²) in [4.78, 5) is 8.62. The molecule has 1 aromatic rings. The molecule has 1 aliphatic rings.